The fourth-order valence-electron chi connectivity index (χ4n) is 2.29. The molecule has 0 aliphatic rings. The number of pyridine rings is 1. The molecule has 0 fully saturated rings. The smallest absolute Gasteiger partial charge is 0.137 e. The summed E-state index contributed by atoms with van der Waals surface area (Å²) in [6, 6.07) is 10.3. The van der Waals surface area contributed by atoms with E-state index in [1.807, 2.05) is 54.7 Å². The second kappa shape index (κ2) is 4.31. The first-order valence-electron chi connectivity index (χ1n) is 6.32. The fraction of sp³-hybridized carbons (Fsp3) is 0.0667. The Morgan fingerprint density at radius 2 is 1.95 bits per heavy atom. The van der Waals surface area contributed by atoms with Crippen LogP contribution in [-0.4, -0.2) is 19.2 Å². The van der Waals surface area contributed by atoms with Crippen molar-refractivity contribution in [3.63, 3.8) is 0 Å². The quantitative estimate of drug-likeness (QED) is 0.563. The van der Waals surface area contributed by atoms with E-state index in [0.717, 1.165) is 16.9 Å². The summed E-state index contributed by atoms with van der Waals surface area (Å²) in [4.78, 5) is 6.87. The summed E-state index contributed by atoms with van der Waals surface area (Å²) in [5.41, 5.74) is 3.25. The molecule has 5 heteroatoms. The van der Waals surface area contributed by atoms with Crippen LogP contribution in [-0.2, 0) is 7.05 Å². The molecule has 0 saturated carbocycles. The minimum absolute atomic E-state index is 0.971. The van der Waals surface area contributed by atoms with Gasteiger partial charge in [-0.1, -0.05) is 6.07 Å². The minimum atomic E-state index is 0.971. The molecule has 0 aliphatic heterocycles. The molecule has 4 aromatic rings. The van der Waals surface area contributed by atoms with Gasteiger partial charge in [-0.25, -0.2) is 4.98 Å². The zero-order valence-electron chi connectivity index (χ0n) is 10.9. The number of fused-ring (bicyclic) bond motifs is 1. The van der Waals surface area contributed by atoms with Crippen molar-refractivity contribution in [2.45, 2.75) is 0 Å². The van der Waals surface area contributed by atoms with Crippen LogP contribution in [0, 0.1) is 0 Å². The van der Waals surface area contributed by atoms with Crippen LogP contribution in [0.5, 0.6) is 0 Å². The summed E-state index contributed by atoms with van der Waals surface area (Å²) in [6.45, 7) is 0. The van der Waals surface area contributed by atoms with Crippen molar-refractivity contribution in [3.8, 4) is 21.0 Å². The van der Waals surface area contributed by atoms with E-state index in [9.17, 15) is 0 Å². The maximum atomic E-state index is 4.43. The summed E-state index contributed by atoms with van der Waals surface area (Å²) in [7, 11) is 1.93. The minimum Gasteiger partial charge on any atom is -0.299 e. The predicted molar refractivity (Wildman–Crippen MR) is 80.7 cm³/mol. The van der Waals surface area contributed by atoms with Gasteiger partial charge in [-0.05, 0) is 24.3 Å². The van der Waals surface area contributed by atoms with Crippen LogP contribution in [0.15, 0.2) is 55.1 Å². The van der Waals surface area contributed by atoms with Crippen molar-refractivity contribution >= 4 is 17.0 Å². The van der Waals surface area contributed by atoms with Gasteiger partial charge in [-0.2, -0.15) is 5.10 Å². The van der Waals surface area contributed by atoms with Crippen molar-refractivity contribution in [2.24, 2.45) is 7.05 Å². The van der Waals surface area contributed by atoms with Gasteiger partial charge in [-0.15, -0.1) is 11.3 Å². The Bertz CT molecular complexity index is 884. The van der Waals surface area contributed by atoms with Crippen molar-refractivity contribution in [2.75, 3.05) is 0 Å². The van der Waals surface area contributed by atoms with Gasteiger partial charge in [0.2, 0.25) is 0 Å². The lowest BCUT2D eigenvalue weighted by Crippen LogP contribution is -1.84. The van der Waals surface area contributed by atoms with Crippen molar-refractivity contribution in [1.82, 2.24) is 19.2 Å². The molecule has 0 radical (unpaired) electrons. The highest BCUT2D eigenvalue weighted by Crippen LogP contribution is 2.34. The van der Waals surface area contributed by atoms with Crippen LogP contribution in [0.3, 0.4) is 0 Å². The van der Waals surface area contributed by atoms with Crippen LogP contribution in [0.2, 0.25) is 0 Å². The molecule has 0 saturated heterocycles. The monoisotopic (exact) mass is 280 g/mol. The maximum Gasteiger partial charge on any atom is 0.137 e. The third-order valence-electron chi connectivity index (χ3n) is 3.26. The third-order valence-corrected chi connectivity index (χ3v) is 4.42. The van der Waals surface area contributed by atoms with E-state index in [2.05, 4.69) is 26.6 Å². The highest BCUT2D eigenvalue weighted by Gasteiger charge is 2.10. The molecule has 0 aromatic carbocycles. The van der Waals surface area contributed by atoms with Gasteiger partial charge in [0.1, 0.15) is 5.65 Å². The van der Waals surface area contributed by atoms with Gasteiger partial charge in [0.05, 0.1) is 23.0 Å². The number of thiophene rings is 1. The number of imidazole rings is 1. The lowest BCUT2D eigenvalue weighted by Gasteiger charge is -1.97. The molecule has 4 heterocycles. The Morgan fingerprint density at radius 3 is 2.80 bits per heavy atom. The summed E-state index contributed by atoms with van der Waals surface area (Å²) in [5.74, 6) is 0. The van der Waals surface area contributed by atoms with Crippen molar-refractivity contribution in [3.05, 3.63) is 55.1 Å². The van der Waals surface area contributed by atoms with Gasteiger partial charge < -0.3 is 0 Å². The SMILES string of the molecule is Cn1cc(-c2ccc(-c3cnc4ccccn34)s2)cn1. The summed E-state index contributed by atoms with van der Waals surface area (Å²) < 4.78 is 3.93. The van der Waals surface area contributed by atoms with Gasteiger partial charge in [0.25, 0.3) is 0 Å². The molecular weight excluding hydrogens is 268 g/mol. The van der Waals surface area contributed by atoms with E-state index in [1.165, 1.54) is 9.75 Å². The van der Waals surface area contributed by atoms with Gasteiger partial charge in [0.15, 0.2) is 0 Å². The topological polar surface area (TPSA) is 35.1 Å². The molecule has 20 heavy (non-hydrogen) atoms. The second-order valence-electron chi connectivity index (χ2n) is 4.64. The van der Waals surface area contributed by atoms with Gasteiger partial charge in [-0.3, -0.25) is 9.08 Å². The molecule has 4 aromatic heterocycles. The number of rotatable bonds is 2. The van der Waals surface area contributed by atoms with E-state index in [0.29, 0.717) is 0 Å². The number of hydrogen-bond acceptors (Lipinski definition) is 3. The zero-order chi connectivity index (χ0) is 13.5. The molecule has 0 unspecified atom stereocenters. The van der Waals surface area contributed by atoms with Crippen LogP contribution >= 0.6 is 11.3 Å². The van der Waals surface area contributed by atoms with E-state index in [4.69, 9.17) is 0 Å². The third kappa shape index (κ3) is 1.75. The number of hydrogen-bond donors (Lipinski definition) is 0. The van der Waals surface area contributed by atoms with Gasteiger partial charge in [0, 0.05) is 29.9 Å². The van der Waals surface area contributed by atoms with E-state index < -0.39 is 0 Å². The molecule has 0 atom stereocenters. The van der Waals surface area contributed by atoms with Crippen LogP contribution < -0.4 is 0 Å². The highest BCUT2D eigenvalue weighted by atomic mass is 32.1. The molecule has 98 valence electrons. The number of aromatic nitrogens is 4. The lowest BCUT2D eigenvalue weighted by molar-refractivity contribution is 0.768. The lowest BCUT2D eigenvalue weighted by atomic mass is 10.3. The van der Waals surface area contributed by atoms with E-state index in [1.54, 1.807) is 11.3 Å². The molecule has 4 nitrogen and oxygen atoms in total. The maximum absolute atomic E-state index is 4.43. The molecule has 0 aliphatic carbocycles. The average Bonchev–Trinajstić information content (AvgIpc) is 3.15. The Kier molecular flexibility index (Phi) is 2.47. The van der Waals surface area contributed by atoms with Crippen LogP contribution in [0.4, 0.5) is 0 Å². The fourth-order valence-corrected chi connectivity index (χ4v) is 3.28. The molecule has 0 amide bonds. The number of aryl methyl sites for hydroxylation is 1. The Morgan fingerprint density at radius 1 is 1.05 bits per heavy atom. The largest absolute Gasteiger partial charge is 0.299 e. The zero-order valence-corrected chi connectivity index (χ0v) is 11.7. The summed E-state index contributed by atoms with van der Waals surface area (Å²) >= 11 is 1.76. The van der Waals surface area contributed by atoms with Crippen molar-refractivity contribution in [1.29, 1.82) is 0 Å². The Balaban J connectivity index is 1.82. The molecule has 4 rings (SSSR count). The predicted octanol–water partition coefficient (Wildman–Crippen LogP) is 3.46. The Labute approximate surface area is 119 Å². The molecule has 0 spiro atoms. The first-order valence-corrected chi connectivity index (χ1v) is 7.14. The summed E-state index contributed by atoms with van der Waals surface area (Å²) in [6.07, 6.45) is 7.89. The van der Waals surface area contributed by atoms with Crippen LogP contribution in [0.1, 0.15) is 0 Å². The van der Waals surface area contributed by atoms with E-state index >= 15 is 0 Å². The molecular formula is C15H12N4S. The molecule has 0 N–H and O–H groups in total. The standard InChI is InChI=1S/C15H12N4S/c1-18-10-11(8-17-18)13-5-6-14(20-13)12-9-16-15-4-2-3-7-19(12)15/h2-10H,1H3. The normalized spacial score (nSPS) is 11.2. The number of nitrogens with zero attached hydrogens (tertiary/aromatic N) is 4. The van der Waals surface area contributed by atoms with Crippen LogP contribution in [0.25, 0.3) is 26.7 Å². The highest BCUT2D eigenvalue weighted by molar-refractivity contribution is 7.18. The molecule has 0 bridgehead atoms. The second-order valence-corrected chi connectivity index (χ2v) is 5.72. The Hall–Kier alpha value is -2.40. The van der Waals surface area contributed by atoms with Gasteiger partial charge >= 0.3 is 0 Å². The average molecular weight is 280 g/mol. The van der Waals surface area contributed by atoms with E-state index in [-0.39, 0.29) is 0 Å². The summed E-state index contributed by atoms with van der Waals surface area (Å²) in [5, 5.41) is 4.22. The first-order chi connectivity index (χ1) is 9.81. The van der Waals surface area contributed by atoms with Crippen molar-refractivity contribution < 1.29 is 0 Å². The first kappa shape index (κ1) is 11.4.